The van der Waals surface area contributed by atoms with Crippen molar-refractivity contribution in [3.63, 3.8) is 0 Å². The summed E-state index contributed by atoms with van der Waals surface area (Å²) < 4.78 is 5.07. The highest BCUT2D eigenvalue weighted by Gasteiger charge is 2.30. The van der Waals surface area contributed by atoms with Gasteiger partial charge in [0.05, 0.1) is 0 Å². The summed E-state index contributed by atoms with van der Waals surface area (Å²) in [6, 6.07) is 8.23. The summed E-state index contributed by atoms with van der Waals surface area (Å²) in [5, 5.41) is 9.05. The van der Waals surface area contributed by atoms with E-state index in [0.29, 0.717) is 0 Å². The van der Waals surface area contributed by atoms with Crippen molar-refractivity contribution >= 4 is 5.97 Å². The van der Waals surface area contributed by atoms with E-state index in [1.54, 1.807) is 0 Å². The smallest absolute Gasteiger partial charge is 0.333 e. The van der Waals surface area contributed by atoms with Crippen LogP contribution < -0.4 is 0 Å². The van der Waals surface area contributed by atoms with Gasteiger partial charge in [0.25, 0.3) is 0 Å². The predicted octanol–water partition coefficient (Wildman–Crippen LogP) is 1.89. The van der Waals surface area contributed by atoms with E-state index >= 15 is 0 Å². The van der Waals surface area contributed by atoms with E-state index in [1.807, 2.05) is 12.1 Å². The van der Waals surface area contributed by atoms with Crippen LogP contribution in [0, 0.1) is 5.92 Å². The lowest BCUT2D eigenvalue weighted by Gasteiger charge is -2.28. The molecule has 1 aliphatic rings. The first-order valence-electron chi connectivity index (χ1n) is 5.54. The van der Waals surface area contributed by atoms with Gasteiger partial charge in [-0.25, -0.2) is 4.79 Å². The van der Waals surface area contributed by atoms with Crippen molar-refractivity contribution in [3.8, 4) is 0 Å². The molecule has 0 bridgehead atoms. The number of carboxylic acid groups (broad SMARTS) is 1. The fourth-order valence-corrected chi connectivity index (χ4v) is 2.48. The van der Waals surface area contributed by atoms with Crippen LogP contribution in [0.4, 0.5) is 0 Å². The van der Waals surface area contributed by atoms with Crippen LogP contribution >= 0.6 is 0 Å². The van der Waals surface area contributed by atoms with Crippen LogP contribution in [0.2, 0.25) is 0 Å². The van der Waals surface area contributed by atoms with Crippen LogP contribution in [0.1, 0.15) is 17.5 Å². The summed E-state index contributed by atoms with van der Waals surface area (Å²) in [5.74, 6) is -0.760. The Balaban J connectivity index is 2.15. The highest BCUT2D eigenvalue weighted by Crippen LogP contribution is 2.28. The fraction of sp³-hybridized carbons (Fsp3) is 0.462. The Bertz CT molecular complexity index is 387. The fourth-order valence-electron chi connectivity index (χ4n) is 2.48. The number of carboxylic acids is 1. The third kappa shape index (κ3) is 2.09. The largest absolute Gasteiger partial charge is 0.479 e. The van der Waals surface area contributed by atoms with Crippen LogP contribution in [0.3, 0.4) is 0 Å². The molecule has 3 nitrogen and oxygen atoms in total. The molecule has 0 saturated carbocycles. The zero-order valence-corrected chi connectivity index (χ0v) is 9.35. The summed E-state index contributed by atoms with van der Waals surface area (Å²) in [4.78, 5) is 11.0. The zero-order chi connectivity index (χ0) is 11.5. The number of aryl methyl sites for hydroxylation is 1. The molecular weight excluding hydrogens is 204 g/mol. The van der Waals surface area contributed by atoms with Crippen molar-refractivity contribution in [1.29, 1.82) is 0 Å². The lowest BCUT2D eigenvalue weighted by Crippen LogP contribution is -2.35. The monoisotopic (exact) mass is 220 g/mol. The van der Waals surface area contributed by atoms with Crippen LogP contribution in [-0.4, -0.2) is 24.3 Å². The second-order valence-corrected chi connectivity index (χ2v) is 4.27. The van der Waals surface area contributed by atoms with E-state index in [1.165, 1.54) is 18.2 Å². The number of rotatable bonds is 3. The normalized spacial score (nSPS) is 21.2. The number of ether oxygens (including phenoxy) is 1. The SMILES string of the molecule is COC(C(=O)O)C1CCc2ccccc2C1. The van der Waals surface area contributed by atoms with Gasteiger partial charge >= 0.3 is 5.97 Å². The van der Waals surface area contributed by atoms with Crippen LogP contribution in [0.5, 0.6) is 0 Å². The van der Waals surface area contributed by atoms with Crippen LogP contribution in [0.15, 0.2) is 24.3 Å². The molecule has 1 aromatic carbocycles. The second-order valence-electron chi connectivity index (χ2n) is 4.27. The van der Waals surface area contributed by atoms with Gasteiger partial charge in [0.2, 0.25) is 0 Å². The highest BCUT2D eigenvalue weighted by molar-refractivity contribution is 5.72. The summed E-state index contributed by atoms with van der Waals surface area (Å²) in [5.41, 5.74) is 2.61. The molecule has 0 aliphatic heterocycles. The number of carbonyl (C=O) groups is 1. The number of benzene rings is 1. The molecule has 0 radical (unpaired) electrons. The van der Waals surface area contributed by atoms with E-state index in [9.17, 15) is 4.79 Å². The molecule has 2 rings (SSSR count). The first-order valence-corrected chi connectivity index (χ1v) is 5.54. The Morgan fingerprint density at radius 2 is 2.12 bits per heavy atom. The molecule has 0 spiro atoms. The van der Waals surface area contributed by atoms with Gasteiger partial charge in [-0.3, -0.25) is 0 Å². The quantitative estimate of drug-likeness (QED) is 0.846. The van der Waals surface area contributed by atoms with Crippen molar-refractivity contribution in [1.82, 2.24) is 0 Å². The number of hydrogen-bond donors (Lipinski definition) is 1. The van der Waals surface area contributed by atoms with Gasteiger partial charge in [0.15, 0.2) is 6.10 Å². The molecule has 0 amide bonds. The van der Waals surface area contributed by atoms with Gasteiger partial charge in [-0.15, -0.1) is 0 Å². The minimum absolute atomic E-state index is 0.0948. The lowest BCUT2D eigenvalue weighted by atomic mass is 9.81. The summed E-state index contributed by atoms with van der Waals surface area (Å²) in [6.07, 6.45) is 1.98. The van der Waals surface area contributed by atoms with Crippen molar-refractivity contribution in [2.45, 2.75) is 25.4 Å². The first kappa shape index (κ1) is 11.1. The van der Waals surface area contributed by atoms with E-state index in [0.717, 1.165) is 19.3 Å². The molecule has 0 fully saturated rings. The van der Waals surface area contributed by atoms with Gasteiger partial charge in [-0.2, -0.15) is 0 Å². The van der Waals surface area contributed by atoms with Crippen molar-refractivity contribution in [2.24, 2.45) is 5.92 Å². The number of aliphatic carboxylic acids is 1. The van der Waals surface area contributed by atoms with Crippen molar-refractivity contribution in [3.05, 3.63) is 35.4 Å². The number of hydrogen-bond acceptors (Lipinski definition) is 2. The third-order valence-electron chi connectivity index (χ3n) is 3.31. The Morgan fingerprint density at radius 3 is 2.75 bits per heavy atom. The Labute approximate surface area is 95.0 Å². The predicted molar refractivity (Wildman–Crippen MR) is 60.4 cm³/mol. The Hall–Kier alpha value is -1.35. The molecule has 16 heavy (non-hydrogen) atoms. The molecule has 2 atom stereocenters. The van der Waals surface area contributed by atoms with Crippen molar-refractivity contribution < 1.29 is 14.6 Å². The molecule has 0 saturated heterocycles. The van der Waals surface area contributed by atoms with E-state index in [4.69, 9.17) is 9.84 Å². The molecule has 0 heterocycles. The zero-order valence-electron chi connectivity index (χ0n) is 9.35. The van der Waals surface area contributed by atoms with Crippen LogP contribution in [0.25, 0.3) is 0 Å². The number of methoxy groups -OCH3 is 1. The van der Waals surface area contributed by atoms with E-state index in [2.05, 4.69) is 12.1 Å². The summed E-state index contributed by atoms with van der Waals surface area (Å²) >= 11 is 0. The van der Waals surface area contributed by atoms with Gasteiger partial charge in [-0.1, -0.05) is 24.3 Å². The molecule has 1 aliphatic carbocycles. The maximum atomic E-state index is 11.0. The maximum Gasteiger partial charge on any atom is 0.333 e. The summed E-state index contributed by atoms with van der Waals surface area (Å²) in [6.45, 7) is 0. The van der Waals surface area contributed by atoms with Gasteiger partial charge in [-0.05, 0) is 30.4 Å². The lowest BCUT2D eigenvalue weighted by molar-refractivity contribution is -0.152. The third-order valence-corrected chi connectivity index (χ3v) is 3.31. The standard InChI is InChI=1S/C13H16O3/c1-16-12(13(14)15)11-7-6-9-4-2-3-5-10(9)8-11/h2-5,11-12H,6-8H2,1H3,(H,14,15). The van der Waals surface area contributed by atoms with E-state index in [-0.39, 0.29) is 5.92 Å². The molecule has 86 valence electrons. The molecule has 0 aromatic heterocycles. The maximum absolute atomic E-state index is 11.0. The second kappa shape index (κ2) is 4.66. The first-order chi connectivity index (χ1) is 7.72. The minimum atomic E-state index is -0.855. The summed E-state index contributed by atoms with van der Waals surface area (Å²) in [7, 11) is 1.47. The van der Waals surface area contributed by atoms with Gasteiger partial charge in [0, 0.05) is 13.0 Å². The Kier molecular flexibility index (Phi) is 3.25. The average molecular weight is 220 g/mol. The molecule has 1 N–H and O–H groups in total. The molecule has 3 heteroatoms. The molecule has 1 aromatic rings. The van der Waals surface area contributed by atoms with Crippen LogP contribution in [-0.2, 0) is 22.4 Å². The van der Waals surface area contributed by atoms with Gasteiger partial charge in [0.1, 0.15) is 0 Å². The minimum Gasteiger partial charge on any atom is -0.479 e. The molecular formula is C13H16O3. The van der Waals surface area contributed by atoms with Crippen molar-refractivity contribution in [2.75, 3.05) is 7.11 Å². The van der Waals surface area contributed by atoms with E-state index < -0.39 is 12.1 Å². The topological polar surface area (TPSA) is 46.5 Å². The average Bonchev–Trinajstić information content (AvgIpc) is 2.29. The Morgan fingerprint density at radius 1 is 1.44 bits per heavy atom. The number of fused-ring (bicyclic) bond motifs is 1. The molecule has 2 unspecified atom stereocenters. The highest BCUT2D eigenvalue weighted by atomic mass is 16.5. The van der Waals surface area contributed by atoms with Gasteiger partial charge < -0.3 is 9.84 Å².